The molecule has 2 N–H and O–H groups in total. The Balaban J connectivity index is 2.46. The van der Waals surface area contributed by atoms with Crippen LogP contribution in [0, 0.1) is 11.8 Å². The number of nitrogen functional groups attached to an aromatic ring is 1. The van der Waals surface area contributed by atoms with Gasteiger partial charge in [0, 0.05) is 17.6 Å². The lowest BCUT2D eigenvalue weighted by Crippen LogP contribution is -2.48. The predicted molar refractivity (Wildman–Crippen MR) is 82.2 cm³/mol. The van der Waals surface area contributed by atoms with Crippen LogP contribution in [0.3, 0.4) is 0 Å². The molecule has 1 saturated heterocycles. The van der Waals surface area contributed by atoms with Gasteiger partial charge < -0.3 is 5.73 Å². The molecule has 1 aliphatic heterocycles. The van der Waals surface area contributed by atoms with Crippen molar-refractivity contribution in [3.63, 3.8) is 0 Å². The van der Waals surface area contributed by atoms with E-state index in [0.717, 1.165) is 6.42 Å². The first-order valence-electron chi connectivity index (χ1n) is 6.80. The van der Waals surface area contributed by atoms with Crippen molar-refractivity contribution in [3.8, 4) is 0 Å². The van der Waals surface area contributed by atoms with E-state index in [0.29, 0.717) is 23.4 Å². The molecule has 3 unspecified atom stereocenters. The highest BCUT2D eigenvalue weighted by Crippen LogP contribution is 2.34. The van der Waals surface area contributed by atoms with E-state index in [1.54, 1.807) is 10.4 Å². The molecule has 0 aromatic heterocycles. The van der Waals surface area contributed by atoms with E-state index in [4.69, 9.17) is 17.3 Å². The van der Waals surface area contributed by atoms with Gasteiger partial charge in [0.25, 0.3) is 0 Å². The number of nitrogens with two attached hydrogens (primary N) is 1. The molecule has 1 aliphatic rings. The van der Waals surface area contributed by atoms with Crippen molar-refractivity contribution in [1.82, 2.24) is 4.31 Å². The van der Waals surface area contributed by atoms with Gasteiger partial charge in [-0.1, -0.05) is 25.4 Å². The fourth-order valence-electron chi connectivity index (χ4n) is 2.84. The van der Waals surface area contributed by atoms with Crippen molar-refractivity contribution < 1.29 is 8.42 Å². The van der Waals surface area contributed by atoms with Crippen molar-refractivity contribution in [3.05, 3.63) is 23.2 Å². The maximum Gasteiger partial charge on any atom is 0.245 e. The first-order valence-corrected chi connectivity index (χ1v) is 8.62. The SMILES string of the molecule is CC1CC(C)C(C)N(S(=O)(=O)c2cc(Cl)ccc2N)C1. The first kappa shape index (κ1) is 15.6. The highest BCUT2D eigenvalue weighted by molar-refractivity contribution is 7.89. The van der Waals surface area contributed by atoms with E-state index in [2.05, 4.69) is 13.8 Å². The Morgan fingerprint density at radius 3 is 2.60 bits per heavy atom. The summed E-state index contributed by atoms with van der Waals surface area (Å²) in [5.74, 6) is 0.672. The minimum absolute atomic E-state index is 0.0328. The van der Waals surface area contributed by atoms with E-state index in [9.17, 15) is 8.42 Å². The molecule has 1 aromatic rings. The number of halogens is 1. The topological polar surface area (TPSA) is 63.4 Å². The number of piperidine rings is 1. The zero-order valence-electron chi connectivity index (χ0n) is 12.0. The van der Waals surface area contributed by atoms with Crippen LogP contribution in [0.25, 0.3) is 0 Å². The molecule has 112 valence electrons. The van der Waals surface area contributed by atoms with Crippen LogP contribution in [-0.2, 0) is 10.0 Å². The number of nitrogens with zero attached hydrogens (tertiary/aromatic N) is 1. The fraction of sp³-hybridized carbons (Fsp3) is 0.571. The third-order valence-corrected chi connectivity index (χ3v) is 6.35. The summed E-state index contributed by atoms with van der Waals surface area (Å²) >= 11 is 5.92. The molecule has 6 heteroatoms. The number of hydrogen-bond donors (Lipinski definition) is 1. The third-order valence-electron chi connectivity index (χ3n) is 4.11. The van der Waals surface area contributed by atoms with Crippen molar-refractivity contribution in [1.29, 1.82) is 0 Å². The Hall–Kier alpha value is -0.780. The standard InChI is InChI=1S/C14H21ClN2O2S/c1-9-6-10(2)11(3)17(8-9)20(18,19)14-7-12(15)4-5-13(14)16/h4-5,7,9-11H,6,8,16H2,1-3H3. The maximum atomic E-state index is 12.8. The van der Waals surface area contributed by atoms with Gasteiger partial charge in [-0.25, -0.2) is 8.42 Å². The zero-order chi connectivity index (χ0) is 15.1. The molecule has 0 saturated carbocycles. The quantitative estimate of drug-likeness (QED) is 0.853. The monoisotopic (exact) mass is 316 g/mol. The van der Waals surface area contributed by atoms with Crippen LogP contribution in [-0.4, -0.2) is 25.3 Å². The second-order valence-electron chi connectivity index (χ2n) is 5.82. The maximum absolute atomic E-state index is 12.8. The van der Waals surface area contributed by atoms with E-state index in [-0.39, 0.29) is 16.6 Å². The van der Waals surface area contributed by atoms with Gasteiger partial charge in [-0.3, -0.25) is 0 Å². The van der Waals surface area contributed by atoms with Gasteiger partial charge in [0.05, 0.1) is 5.69 Å². The minimum atomic E-state index is -3.61. The molecule has 1 aromatic carbocycles. The lowest BCUT2D eigenvalue weighted by atomic mass is 9.88. The lowest BCUT2D eigenvalue weighted by Gasteiger charge is -2.40. The van der Waals surface area contributed by atoms with E-state index in [1.807, 2.05) is 6.92 Å². The highest BCUT2D eigenvalue weighted by atomic mass is 35.5. The Morgan fingerprint density at radius 1 is 1.30 bits per heavy atom. The molecule has 1 heterocycles. The molecule has 0 amide bonds. The summed E-state index contributed by atoms with van der Waals surface area (Å²) < 4.78 is 27.3. The zero-order valence-corrected chi connectivity index (χ0v) is 13.6. The van der Waals surface area contributed by atoms with Gasteiger partial charge in [0.15, 0.2) is 0 Å². The van der Waals surface area contributed by atoms with Gasteiger partial charge >= 0.3 is 0 Å². The smallest absolute Gasteiger partial charge is 0.245 e. The second kappa shape index (κ2) is 5.54. The van der Waals surface area contributed by atoms with Gasteiger partial charge in [0.2, 0.25) is 10.0 Å². The van der Waals surface area contributed by atoms with Crippen LogP contribution in [0.2, 0.25) is 5.02 Å². The molecular weight excluding hydrogens is 296 g/mol. The summed E-state index contributed by atoms with van der Waals surface area (Å²) in [6.45, 7) is 6.64. The predicted octanol–water partition coefficient (Wildman–Crippen LogP) is 2.98. The lowest BCUT2D eigenvalue weighted by molar-refractivity contribution is 0.157. The molecule has 3 atom stereocenters. The van der Waals surface area contributed by atoms with Crippen molar-refractivity contribution >= 4 is 27.3 Å². The number of sulfonamides is 1. The molecule has 0 bridgehead atoms. The number of benzene rings is 1. The third kappa shape index (κ3) is 2.80. The Bertz CT molecular complexity index is 603. The van der Waals surface area contributed by atoms with Gasteiger partial charge in [0.1, 0.15) is 4.90 Å². The highest BCUT2D eigenvalue weighted by Gasteiger charge is 2.37. The molecular formula is C14H21ClN2O2S. The second-order valence-corrected chi connectivity index (χ2v) is 8.11. The molecule has 1 fully saturated rings. The first-order chi connectivity index (χ1) is 9.23. The molecule has 0 radical (unpaired) electrons. The number of rotatable bonds is 2. The van der Waals surface area contributed by atoms with E-state index >= 15 is 0 Å². The fourth-order valence-corrected chi connectivity index (χ4v) is 5.07. The Morgan fingerprint density at radius 2 is 1.95 bits per heavy atom. The average molecular weight is 317 g/mol. The summed E-state index contributed by atoms with van der Waals surface area (Å²) in [5, 5.41) is 0.378. The number of anilines is 1. The summed E-state index contributed by atoms with van der Waals surface area (Å²) in [6.07, 6.45) is 1.04. The summed E-state index contributed by atoms with van der Waals surface area (Å²) in [7, 11) is -3.61. The van der Waals surface area contributed by atoms with E-state index in [1.165, 1.54) is 12.1 Å². The van der Waals surface area contributed by atoms with Crippen molar-refractivity contribution in [2.45, 2.75) is 38.1 Å². The molecule has 2 rings (SSSR count). The summed E-state index contributed by atoms with van der Waals surface area (Å²) in [6, 6.07) is 4.54. The van der Waals surface area contributed by atoms with Gasteiger partial charge in [-0.05, 0) is 43.4 Å². The van der Waals surface area contributed by atoms with E-state index < -0.39 is 10.0 Å². The van der Waals surface area contributed by atoms with Gasteiger partial charge in [-0.2, -0.15) is 4.31 Å². The van der Waals surface area contributed by atoms with Crippen LogP contribution in [0.4, 0.5) is 5.69 Å². The number of hydrogen-bond acceptors (Lipinski definition) is 3. The molecule has 20 heavy (non-hydrogen) atoms. The van der Waals surface area contributed by atoms with Gasteiger partial charge in [-0.15, -0.1) is 0 Å². The Labute approximate surface area is 126 Å². The van der Waals surface area contributed by atoms with Crippen LogP contribution >= 0.6 is 11.6 Å². The largest absolute Gasteiger partial charge is 0.398 e. The van der Waals surface area contributed by atoms with Crippen LogP contribution in [0.5, 0.6) is 0 Å². The molecule has 4 nitrogen and oxygen atoms in total. The van der Waals surface area contributed by atoms with Crippen molar-refractivity contribution in [2.75, 3.05) is 12.3 Å². The molecule has 0 spiro atoms. The molecule has 0 aliphatic carbocycles. The minimum Gasteiger partial charge on any atom is -0.398 e. The van der Waals surface area contributed by atoms with Crippen molar-refractivity contribution in [2.24, 2.45) is 11.8 Å². The van der Waals surface area contributed by atoms with Crippen LogP contribution in [0.15, 0.2) is 23.1 Å². The normalized spacial score (nSPS) is 28.5. The van der Waals surface area contributed by atoms with Crippen LogP contribution in [0.1, 0.15) is 27.2 Å². The average Bonchev–Trinajstić information content (AvgIpc) is 2.36. The Kier molecular flexibility index (Phi) is 4.33. The summed E-state index contributed by atoms with van der Waals surface area (Å²) in [4.78, 5) is 0.109. The van der Waals surface area contributed by atoms with Crippen LogP contribution < -0.4 is 5.73 Å². The summed E-state index contributed by atoms with van der Waals surface area (Å²) in [5.41, 5.74) is 6.08.